The van der Waals surface area contributed by atoms with Crippen LogP contribution in [-0.2, 0) is 9.59 Å². The van der Waals surface area contributed by atoms with Gasteiger partial charge in [0.1, 0.15) is 10.9 Å². The number of halogens is 1. The number of hydrogen-bond acceptors (Lipinski definition) is 5. The number of aromatic nitrogens is 1. The molecule has 0 fully saturated rings. The quantitative estimate of drug-likeness (QED) is 0.519. The summed E-state index contributed by atoms with van der Waals surface area (Å²) >= 11 is 6.55. The Kier molecular flexibility index (Phi) is 6.37. The van der Waals surface area contributed by atoms with E-state index >= 15 is 0 Å². The molecule has 0 spiro atoms. The summed E-state index contributed by atoms with van der Waals surface area (Å²) in [6, 6.07) is 16.6. The van der Waals surface area contributed by atoms with Crippen molar-refractivity contribution in [3.05, 3.63) is 70.9 Å². The summed E-state index contributed by atoms with van der Waals surface area (Å²) in [4.78, 5) is 28.4. The SMILES string of the molecule is CCOc1ccc2nc(Cl)c([C@H]3CC(c4ccccc4)=NN3C(=O)CCC(=O)O)cc2c1. The summed E-state index contributed by atoms with van der Waals surface area (Å²) < 4.78 is 5.59. The second-order valence-corrected chi connectivity index (χ2v) is 7.78. The topological polar surface area (TPSA) is 92.1 Å². The molecule has 0 bridgehead atoms. The van der Waals surface area contributed by atoms with Crippen LogP contribution in [0.15, 0.2) is 59.7 Å². The zero-order valence-electron chi connectivity index (χ0n) is 17.5. The fourth-order valence-electron chi connectivity index (χ4n) is 3.75. The highest BCUT2D eigenvalue weighted by Gasteiger charge is 2.34. The molecular weight excluding hydrogens is 430 g/mol. The molecule has 1 amide bonds. The van der Waals surface area contributed by atoms with Crippen molar-refractivity contribution in [1.82, 2.24) is 9.99 Å². The maximum Gasteiger partial charge on any atom is 0.303 e. The number of carbonyl (C=O) groups is 2. The first kappa shape index (κ1) is 21.8. The van der Waals surface area contributed by atoms with Crippen LogP contribution in [0.3, 0.4) is 0 Å². The van der Waals surface area contributed by atoms with Gasteiger partial charge in [0.05, 0.1) is 30.3 Å². The van der Waals surface area contributed by atoms with Crippen LogP contribution in [0.1, 0.15) is 43.4 Å². The van der Waals surface area contributed by atoms with E-state index in [9.17, 15) is 9.59 Å². The number of nitrogens with zero attached hydrogens (tertiary/aromatic N) is 3. The van der Waals surface area contributed by atoms with Crippen LogP contribution in [0.4, 0.5) is 0 Å². The van der Waals surface area contributed by atoms with Crippen LogP contribution in [-0.4, -0.2) is 39.3 Å². The molecule has 1 N–H and O–H groups in total. The van der Waals surface area contributed by atoms with E-state index in [-0.39, 0.29) is 23.9 Å². The molecule has 164 valence electrons. The molecule has 4 rings (SSSR count). The molecule has 0 saturated carbocycles. The predicted octanol–water partition coefficient (Wildman–Crippen LogP) is 4.83. The molecule has 32 heavy (non-hydrogen) atoms. The van der Waals surface area contributed by atoms with Crippen LogP contribution in [0, 0.1) is 0 Å². The van der Waals surface area contributed by atoms with Gasteiger partial charge in [0.25, 0.3) is 0 Å². The summed E-state index contributed by atoms with van der Waals surface area (Å²) in [6.45, 7) is 2.46. The lowest BCUT2D eigenvalue weighted by Gasteiger charge is -2.23. The van der Waals surface area contributed by atoms with E-state index in [0.29, 0.717) is 24.1 Å². The van der Waals surface area contributed by atoms with Gasteiger partial charge < -0.3 is 9.84 Å². The van der Waals surface area contributed by atoms with Crippen LogP contribution in [0.5, 0.6) is 5.75 Å². The number of benzene rings is 2. The number of hydrazone groups is 1. The van der Waals surface area contributed by atoms with Gasteiger partial charge in [-0.15, -0.1) is 0 Å². The number of fused-ring (bicyclic) bond motifs is 1. The molecule has 2 aromatic carbocycles. The van der Waals surface area contributed by atoms with Gasteiger partial charge in [0, 0.05) is 23.8 Å². The molecule has 1 aromatic heterocycles. The monoisotopic (exact) mass is 451 g/mol. The molecule has 2 heterocycles. The molecule has 8 heteroatoms. The van der Waals surface area contributed by atoms with Crippen molar-refractivity contribution in [3.8, 4) is 5.75 Å². The smallest absolute Gasteiger partial charge is 0.303 e. The summed E-state index contributed by atoms with van der Waals surface area (Å²) in [6.07, 6.45) is 0.0328. The maximum atomic E-state index is 12.9. The molecule has 3 aromatic rings. The first-order chi connectivity index (χ1) is 15.5. The van der Waals surface area contributed by atoms with Crippen molar-refractivity contribution in [3.63, 3.8) is 0 Å². The van der Waals surface area contributed by atoms with Gasteiger partial charge in [-0.2, -0.15) is 5.10 Å². The molecule has 1 atom stereocenters. The minimum atomic E-state index is -1.03. The lowest BCUT2D eigenvalue weighted by molar-refractivity contribution is -0.141. The second kappa shape index (κ2) is 9.36. The van der Waals surface area contributed by atoms with Crippen molar-refractivity contribution in [2.24, 2.45) is 5.10 Å². The molecular formula is C24H22ClN3O4. The van der Waals surface area contributed by atoms with Crippen molar-refractivity contribution < 1.29 is 19.4 Å². The number of carbonyl (C=O) groups excluding carboxylic acids is 1. The average molecular weight is 452 g/mol. The van der Waals surface area contributed by atoms with Gasteiger partial charge in [0.2, 0.25) is 5.91 Å². The molecule has 1 aliphatic heterocycles. The van der Waals surface area contributed by atoms with E-state index in [1.165, 1.54) is 5.01 Å². The number of carboxylic acid groups (broad SMARTS) is 1. The summed E-state index contributed by atoms with van der Waals surface area (Å²) in [5.74, 6) is -0.685. The third kappa shape index (κ3) is 4.57. The number of carboxylic acids is 1. The highest BCUT2D eigenvalue weighted by atomic mass is 35.5. The summed E-state index contributed by atoms with van der Waals surface area (Å²) in [5, 5.41) is 16.0. The number of amides is 1. The highest BCUT2D eigenvalue weighted by Crippen LogP contribution is 2.38. The van der Waals surface area contributed by atoms with Crippen molar-refractivity contribution in [2.45, 2.75) is 32.2 Å². The average Bonchev–Trinajstić information content (AvgIpc) is 3.23. The minimum Gasteiger partial charge on any atom is -0.494 e. The normalized spacial score (nSPS) is 15.6. The van der Waals surface area contributed by atoms with Gasteiger partial charge in [-0.1, -0.05) is 41.9 Å². The van der Waals surface area contributed by atoms with Gasteiger partial charge in [0.15, 0.2) is 0 Å². The van der Waals surface area contributed by atoms with Gasteiger partial charge >= 0.3 is 5.97 Å². The first-order valence-corrected chi connectivity index (χ1v) is 10.7. The third-order valence-corrected chi connectivity index (χ3v) is 5.57. The standard InChI is InChI=1S/C24H22ClN3O4/c1-2-32-17-8-9-19-16(12-17)13-18(24(25)26-19)21-14-20(15-6-4-3-5-7-15)27-28(21)22(29)10-11-23(30)31/h3-9,12-13,21H,2,10-11,14H2,1H3,(H,30,31)/t21-/m1/s1. The van der Waals surface area contributed by atoms with E-state index in [2.05, 4.69) is 10.1 Å². The Morgan fingerprint density at radius 1 is 1.16 bits per heavy atom. The Hall–Kier alpha value is -3.45. The van der Waals surface area contributed by atoms with Crippen molar-refractivity contribution in [1.29, 1.82) is 0 Å². The maximum absolute atomic E-state index is 12.9. The molecule has 0 aliphatic carbocycles. The zero-order chi connectivity index (χ0) is 22.7. The van der Waals surface area contributed by atoms with Crippen LogP contribution in [0.25, 0.3) is 10.9 Å². The Morgan fingerprint density at radius 2 is 1.94 bits per heavy atom. The van der Waals surface area contributed by atoms with E-state index in [1.54, 1.807) is 0 Å². The van der Waals surface area contributed by atoms with Crippen molar-refractivity contribution in [2.75, 3.05) is 6.61 Å². The molecule has 1 aliphatic rings. The Balaban J connectivity index is 1.73. The Bertz CT molecular complexity index is 1200. The summed E-state index contributed by atoms with van der Waals surface area (Å²) in [5.41, 5.74) is 3.01. The van der Waals surface area contributed by atoms with Crippen molar-refractivity contribution >= 4 is 40.1 Å². The molecule has 0 saturated heterocycles. The lowest BCUT2D eigenvalue weighted by Crippen LogP contribution is -2.27. The van der Waals surface area contributed by atoms with Crippen LogP contribution in [0.2, 0.25) is 5.15 Å². The Morgan fingerprint density at radius 3 is 2.66 bits per heavy atom. The minimum absolute atomic E-state index is 0.148. The molecule has 0 radical (unpaired) electrons. The predicted molar refractivity (Wildman–Crippen MR) is 122 cm³/mol. The largest absolute Gasteiger partial charge is 0.494 e. The number of hydrogen-bond donors (Lipinski definition) is 1. The number of ether oxygens (including phenoxy) is 1. The van der Waals surface area contributed by atoms with Crippen LogP contribution < -0.4 is 4.74 Å². The zero-order valence-corrected chi connectivity index (χ0v) is 18.2. The Labute approximate surface area is 190 Å². The van der Waals surface area contributed by atoms with Gasteiger partial charge in [-0.25, -0.2) is 9.99 Å². The van der Waals surface area contributed by atoms with E-state index < -0.39 is 12.0 Å². The molecule has 7 nitrogen and oxygen atoms in total. The van der Waals surface area contributed by atoms with Gasteiger partial charge in [-0.3, -0.25) is 9.59 Å². The first-order valence-electron chi connectivity index (χ1n) is 10.4. The number of aliphatic carboxylic acids is 1. The lowest BCUT2D eigenvalue weighted by atomic mass is 9.98. The summed E-state index contributed by atoms with van der Waals surface area (Å²) in [7, 11) is 0. The number of pyridine rings is 1. The third-order valence-electron chi connectivity index (χ3n) is 5.26. The highest BCUT2D eigenvalue weighted by molar-refractivity contribution is 6.30. The van der Waals surface area contributed by atoms with E-state index in [1.807, 2.05) is 61.5 Å². The fourth-order valence-corrected chi connectivity index (χ4v) is 4.03. The second-order valence-electron chi connectivity index (χ2n) is 7.42. The van der Waals surface area contributed by atoms with E-state index in [0.717, 1.165) is 22.4 Å². The van der Waals surface area contributed by atoms with Crippen LogP contribution >= 0.6 is 11.6 Å². The molecule has 0 unspecified atom stereocenters. The number of rotatable bonds is 7. The van der Waals surface area contributed by atoms with Gasteiger partial charge in [-0.05, 0) is 36.8 Å². The van der Waals surface area contributed by atoms with E-state index in [4.69, 9.17) is 21.4 Å². The fraction of sp³-hybridized carbons (Fsp3) is 0.250.